The summed E-state index contributed by atoms with van der Waals surface area (Å²) in [6.45, 7) is 1.87. The van der Waals surface area contributed by atoms with E-state index in [0.29, 0.717) is 11.1 Å². The van der Waals surface area contributed by atoms with Gasteiger partial charge in [-0.3, -0.25) is 24.0 Å². The SMILES string of the molecule is Cc1[nH]nc(C(N)=O)c1NC(=O)CCn1cnc2sc3c(c2c1=O)CCCC3. The zero-order valence-corrected chi connectivity index (χ0v) is 16.2. The summed E-state index contributed by atoms with van der Waals surface area (Å²) in [7, 11) is 0. The van der Waals surface area contributed by atoms with Crippen LogP contribution in [0.15, 0.2) is 11.1 Å². The number of primary amides is 1. The molecule has 3 aromatic rings. The van der Waals surface area contributed by atoms with E-state index in [2.05, 4.69) is 20.5 Å². The lowest BCUT2D eigenvalue weighted by molar-refractivity contribution is -0.116. The summed E-state index contributed by atoms with van der Waals surface area (Å²) in [5.74, 6) is -1.07. The van der Waals surface area contributed by atoms with Gasteiger partial charge in [0, 0.05) is 17.8 Å². The van der Waals surface area contributed by atoms with Crippen molar-refractivity contribution in [2.75, 3.05) is 5.32 Å². The van der Waals surface area contributed by atoms with Crippen LogP contribution in [0, 0.1) is 6.92 Å². The molecule has 4 rings (SSSR count). The van der Waals surface area contributed by atoms with Crippen LogP contribution in [0.25, 0.3) is 10.2 Å². The van der Waals surface area contributed by atoms with Crippen molar-refractivity contribution >= 4 is 39.1 Å². The third kappa shape index (κ3) is 3.19. The first-order valence-electron chi connectivity index (χ1n) is 9.10. The summed E-state index contributed by atoms with van der Waals surface area (Å²) in [5, 5.41) is 9.76. The van der Waals surface area contributed by atoms with E-state index in [1.54, 1.807) is 18.3 Å². The molecule has 9 nitrogen and oxygen atoms in total. The van der Waals surface area contributed by atoms with E-state index in [-0.39, 0.29) is 35.8 Å². The fraction of sp³-hybridized carbons (Fsp3) is 0.389. The highest BCUT2D eigenvalue weighted by Gasteiger charge is 2.21. The number of carbonyl (C=O) groups is 2. The number of H-pyrrole nitrogens is 1. The number of nitrogens with one attached hydrogen (secondary N) is 2. The van der Waals surface area contributed by atoms with Crippen molar-refractivity contribution in [3.8, 4) is 0 Å². The Kier molecular flexibility index (Phi) is 4.71. The maximum absolute atomic E-state index is 12.9. The second-order valence-corrected chi connectivity index (χ2v) is 7.95. The quantitative estimate of drug-likeness (QED) is 0.596. The molecule has 10 heteroatoms. The Labute approximate surface area is 164 Å². The topological polar surface area (TPSA) is 136 Å². The lowest BCUT2D eigenvalue weighted by atomic mass is 9.97. The van der Waals surface area contributed by atoms with Crippen molar-refractivity contribution in [2.24, 2.45) is 5.73 Å². The van der Waals surface area contributed by atoms with Crippen LogP contribution in [0.5, 0.6) is 0 Å². The lowest BCUT2D eigenvalue weighted by Crippen LogP contribution is -2.24. The highest BCUT2D eigenvalue weighted by atomic mass is 32.1. The fourth-order valence-electron chi connectivity index (χ4n) is 3.52. The summed E-state index contributed by atoms with van der Waals surface area (Å²) in [6.07, 6.45) is 5.70. The smallest absolute Gasteiger partial charge is 0.271 e. The van der Waals surface area contributed by atoms with Crippen molar-refractivity contribution in [3.63, 3.8) is 0 Å². The summed E-state index contributed by atoms with van der Waals surface area (Å²) in [6, 6.07) is 0. The molecule has 0 bridgehead atoms. The summed E-state index contributed by atoms with van der Waals surface area (Å²) < 4.78 is 1.47. The van der Waals surface area contributed by atoms with Crippen molar-refractivity contribution in [1.29, 1.82) is 0 Å². The zero-order chi connectivity index (χ0) is 19.8. The molecule has 0 saturated heterocycles. The summed E-state index contributed by atoms with van der Waals surface area (Å²) in [5.41, 5.74) is 7.07. The van der Waals surface area contributed by atoms with Gasteiger partial charge in [0.15, 0.2) is 5.69 Å². The molecule has 3 heterocycles. The van der Waals surface area contributed by atoms with E-state index in [1.165, 1.54) is 15.8 Å². The number of nitrogens with zero attached hydrogens (tertiary/aromatic N) is 3. The van der Waals surface area contributed by atoms with Gasteiger partial charge in [0.1, 0.15) is 4.83 Å². The highest BCUT2D eigenvalue weighted by Crippen LogP contribution is 2.33. The van der Waals surface area contributed by atoms with Crippen LogP contribution in [0.1, 0.15) is 45.9 Å². The first-order valence-corrected chi connectivity index (χ1v) is 9.91. The number of aryl methyl sites for hydroxylation is 4. The average Bonchev–Trinajstić information content (AvgIpc) is 3.22. The van der Waals surface area contributed by atoms with Gasteiger partial charge in [-0.1, -0.05) is 0 Å². The molecule has 0 radical (unpaired) electrons. The van der Waals surface area contributed by atoms with Gasteiger partial charge in [0.25, 0.3) is 11.5 Å². The van der Waals surface area contributed by atoms with Crippen LogP contribution in [-0.4, -0.2) is 31.6 Å². The lowest BCUT2D eigenvalue weighted by Gasteiger charge is -2.10. The largest absolute Gasteiger partial charge is 0.364 e. The van der Waals surface area contributed by atoms with Crippen LogP contribution in [0.4, 0.5) is 5.69 Å². The van der Waals surface area contributed by atoms with Crippen LogP contribution in [0.3, 0.4) is 0 Å². The van der Waals surface area contributed by atoms with Gasteiger partial charge < -0.3 is 11.1 Å². The Morgan fingerprint density at radius 2 is 2.14 bits per heavy atom. The highest BCUT2D eigenvalue weighted by molar-refractivity contribution is 7.18. The van der Waals surface area contributed by atoms with Gasteiger partial charge in [-0.2, -0.15) is 5.10 Å². The average molecular weight is 400 g/mol. The monoisotopic (exact) mass is 400 g/mol. The molecule has 4 N–H and O–H groups in total. The summed E-state index contributed by atoms with van der Waals surface area (Å²) >= 11 is 1.60. The molecule has 0 unspecified atom stereocenters. The number of hydrogen-bond donors (Lipinski definition) is 3. The van der Waals surface area contributed by atoms with Crippen molar-refractivity contribution in [3.05, 3.63) is 38.5 Å². The standard InChI is InChI=1S/C18H20N6O3S/c1-9-14(15(16(19)26)23-22-9)21-12(25)6-7-24-8-20-17-13(18(24)27)10-4-2-3-5-11(10)28-17/h8H,2-7H2,1H3,(H2,19,26)(H,21,25)(H,22,23). The van der Waals surface area contributed by atoms with Gasteiger partial charge >= 0.3 is 0 Å². The van der Waals surface area contributed by atoms with Crippen LogP contribution in [-0.2, 0) is 24.2 Å². The number of nitrogens with two attached hydrogens (primary N) is 1. The van der Waals surface area contributed by atoms with E-state index in [4.69, 9.17) is 5.73 Å². The number of amides is 2. The third-order valence-corrected chi connectivity index (χ3v) is 6.17. The summed E-state index contributed by atoms with van der Waals surface area (Å²) in [4.78, 5) is 43.1. The second kappa shape index (κ2) is 7.19. The van der Waals surface area contributed by atoms with Crippen LogP contribution < -0.4 is 16.6 Å². The molecular formula is C18H20N6O3S. The first kappa shape index (κ1) is 18.4. The molecule has 28 heavy (non-hydrogen) atoms. The van der Waals surface area contributed by atoms with E-state index >= 15 is 0 Å². The number of thiophene rings is 1. The van der Waals surface area contributed by atoms with E-state index in [1.807, 2.05) is 0 Å². The Balaban J connectivity index is 1.52. The van der Waals surface area contributed by atoms with Gasteiger partial charge in [-0.05, 0) is 38.2 Å². The molecule has 2 amide bonds. The maximum Gasteiger partial charge on any atom is 0.271 e. The Hall–Kier alpha value is -3.01. The predicted molar refractivity (Wildman–Crippen MR) is 106 cm³/mol. The van der Waals surface area contributed by atoms with Crippen molar-refractivity contribution < 1.29 is 9.59 Å². The fourth-order valence-corrected chi connectivity index (χ4v) is 4.74. The number of aromatic nitrogens is 4. The second-order valence-electron chi connectivity index (χ2n) is 6.87. The predicted octanol–water partition coefficient (Wildman–Crippen LogP) is 1.50. The number of rotatable bonds is 5. The van der Waals surface area contributed by atoms with Gasteiger partial charge in [0.05, 0.1) is 23.1 Å². The number of fused-ring (bicyclic) bond motifs is 3. The number of hydrogen-bond acceptors (Lipinski definition) is 6. The first-order chi connectivity index (χ1) is 13.5. The normalized spacial score (nSPS) is 13.5. The zero-order valence-electron chi connectivity index (χ0n) is 15.4. The van der Waals surface area contributed by atoms with Gasteiger partial charge in [-0.25, -0.2) is 4.98 Å². The Morgan fingerprint density at radius 1 is 1.36 bits per heavy atom. The minimum atomic E-state index is -0.729. The number of aromatic amines is 1. The molecule has 0 fully saturated rings. The van der Waals surface area contributed by atoms with E-state index < -0.39 is 5.91 Å². The van der Waals surface area contributed by atoms with Crippen molar-refractivity contribution in [2.45, 2.75) is 45.6 Å². The van der Waals surface area contributed by atoms with E-state index in [9.17, 15) is 14.4 Å². The molecule has 0 atom stereocenters. The molecule has 1 aliphatic carbocycles. The maximum atomic E-state index is 12.9. The van der Waals surface area contributed by atoms with Gasteiger partial charge in [-0.15, -0.1) is 11.3 Å². The van der Waals surface area contributed by atoms with Crippen molar-refractivity contribution in [1.82, 2.24) is 19.7 Å². The molecule has 0 aliphatic heterocycles. The minimum Gasteiger partial charge on any atom is -0.364 e. The van der Waals surface area contributed by atoms with E-state index in [0.717, 1.165) is 36.1 Å². The molecule has 3 aromatic heterocycles. The molecule has 0 aromatic carbocycles. The molecular weight excluding hydrogens is 380 g/mol. The van der Waals surface area contributed by atoms with Crippen LogP contribution >= 0.6 is 11.3 Å². The molecule has 146 valence electrons. The Morgan fingerprint density at radius 3 is 2.93 bits per heavy atom. The third-order valence-electron chi connectivity index (χ3n) is 4.97. The van der Waals surface area contributed by atoms with Gasteiger partial charge in [0.2, 0.25) is 5.91 Å². The molecule has 0 saturated carbocycles. The molecule has 1 aliphatic rings. The molecule has 0 spiro atoms. The van der Waals surface area contributed by atoms with Crippen LogP contribution in [0.2, 0.25) is 0 Å². The number of carbonyl (C=O) groups excluding carboxylic acids is 2. The Bertz CT molecular complexity index is 1140. The minimum absolute atomic E-state index is 0.0176. The number of anilines is 1.